The van der Waals surface area contributed by atoms with Crippen molar-refractivity contribution in [1.29, 1.82) is 0 Å². The summed E-state index contributed by atoms with van der Waals surface area (Å²) in [5.74, 6) is 1.07. The van der Waals surface area contributed by atoms with Crippen LogP contribution in [-0.4, -0.2) is 21.1 Å². The zero-order chi connectivity index (χ0) is 15.7. The van der Waals surface area contributed by atoms with Crippen LogP contribution in [0.15, 0.2) is 41.1 Å². The minimum atomic E-state index is 0.766. The second-order valence-corrected chi connectivity index (χ2v) is 6.04. The lowest BCUT2D eigenvalue weighted by molar-refractivity contribution is 0.257. The first-order valence-corrected chi connectivity index (χ1v) is 7.90. The lowest BCUT2D eigenvalue weighted by Crippen LogP contribution is -2.22. The number of fused-ring (bicyclic) bond motifs is 1. The van der Waals surface area contributed by atoms with Gasteiger partial charge in [0, 0.05) is 43.4 Å². The molecule has 0 bridgehead atoms. The fourth-order valence-electron chi connectivity index (χ4n) is 2.81. The molecule has 5 heteroatoms. The van der Waals surface area contributed by atoms with Crippen molar-refractivity contribution >= 4 is 23.2 Å². The average Bonchev–Trinajstić information content (AvgIpc) is 3.02. The topological polar surface area (TPSA) is 26.2 Å². The number of hydrogen-bond acceptors (Lipinski definition) is 3. The Morgan fingerprint density at radius 1 is 1.23 bits per heavy atom. The Bertz CT molecular complexity index is 843. The van der Waals surface area contributed by atoms with E-state index in [2.05, 4.69) is 35.6 Å². The quantitative estimate of drug-likeness (QED) is 0.667. The molecule has 0 amide bonds. The Morgan fingerprint density at radius 2 is 2.00 bits per heavy atom. The molecule has 0 aliphatic rings. The monoisotopic (exact) mass is 315 g/mol. The SMILES string of the molecule is CCc1oc2ccccc2c1CN(C)Cn1ccn(C)c1=S. The van der Waals surface area contributed by atoms with Gasteiger partial charge in [0.25, 0.3) is 0 Å². The molecule has 3 rings (SSSR count). The second-order valence-electron chi connectivity index (χ2n) is 5.67. The molecule has 2 aromatic heterocycles. The summed E-state index contributed by atoms with van der Waals surface area (Å²) < 4.78 is 10.8. The van der Waals surface area contributed by atoms with E-state index in [1.807, 2.05) is 36.1 Å². The lowest BCUT2D eigenvalue weighted by atomic mass is 10.1. The minimum Gasteiger partial charge on any atom is -0.461 e. The van der Waals surface area contributed by atoms with Crippen LogP contribution in [0, 0.1) is 4.77 Å². The normalized spacial score (nSPS) is 11.6. The number of para-hydroxylation sites is 1. The van der Waals surface area contributed by atoms with Crippen LogP contribution in [-0.2, 0) is 26.7 Å². The Kier molecular flexibility index (Phi) is 4.18. The standard InChI is InChI=1S/C17H21N3OS/c1-4-15-14(13-7-5-6-8-16(13)21-15)11-18(2)12-20-10-9-19(3)17(20)22/h5-10H,4,11-12H2,1-3H3. The van der Waals surface area contributed by atoms with Gasteiger partial charge in [0.05, 0.1) is 6.67 Å². The average molecular weight is 315 g/mol. The highest BCUT2D eigenvalue weighted by atomic mass is 32.1. The van der Waals surface area contributed by atoms with Gasteiger partial charge in [0.15, 0.2) is 4.77 Å². The van der Waals surface area contributed by atoms with Crippen molar-refractivity contribution < 1.29 is 4.42 Å². The maximum atomic E-state index is 5.97. The van der Waals surface area contributed by atoms with E-state index >= 15 is 0 Å². The first kappa shape index (κ1) is 15.1. The number of benzene rings is 1. The van der Waals surface area contributed by atoms with Crippen molar-refractivity contribution in [1.82, 2.24) is 14.0 Å². The summed E-state index contributed by atoms with van der Waals surface area (Å²) in [7, 11) is 4.08. The molecule has 0 radical (unpaired) electrons. The van der Waals surface area contributed by atoms with E-state index in [1.165, 1.54) is 10.9 Å². The van der Waals surface area contributed by atoms with Crippen LogP contribution in [0.4, 0.5) is 0 Å². The van der Waals surface area contributed by atoms with Crippen LogP contribution in [0.3, 0.4) is 0 Å². The van der Waals surface area contributed by atoms with Gasteiger partial charge in [-0.3, -0.25) is 4.90 Å². The number of nitrogens with zero attached hydrogens (tertiary/aromatic N) is 3. The molecule has 116 valence electrons. The van der Waals surface area contributed by atoms with Crippen LogP contribution >= 0.6 is 12.2 Å². The second kappa shape index (κ2) is 6.10. The smallest absolute Gasteiger partial charge is 0.180 e. The Hall–Kier alpha value is -1.85. The first-order chi connectivity index (χ1) is 10.6. The summed E-state index contributed by atoms with van der Waals surface area (Å²) in [5.41, 5.74) is 2.25. The minimum absolute atomic E-state index is 0.766. The molecule has 0 aliphatic heterocycles. The Morgan fingerprint density at radius 3 is 2.68 bits per heavy atom. The Labute approximate surface area is 135 Å². The summed E-state index contributed by atoms with van der Waals surface area (Å²) in [5, 5.41) is 1.21. The molecule has 0 fully saturated rings. The number of imidazole rings is 1. The summed E-state index contributed by atoms with van der Waals surface area (Å²) in [4.78, 5) is 2.26. The van der Waals surface area contributed by atoms with Gasteiger partial charge in [0.1, 0.15) is 11.3 Å². The van der Waals surface area contributed by atoms with Crippen LogP contribution in [0.2, 0.25) is 0 Å². The molecule has 2 heterocycles. The van der Waals surface area contributed by atoms with Crippen molar-refractivity contribution in [2.45, 2.75) is 26.6 Å². The molecule has 4 nitrogen and oxygen atoms in total. The van der Waals surface area contributed by atoms with Gasteiger partial charge in [0.2, 0.25) is 0 Å². The van der Waals surface area contributed by atoms with Crippen LogP contribution in [0.1, 0.15) is 18.2 Å². The van der Waals surface area contributed by atoms with Crippen LogP contribution < -0.4 is 0 Å². The van der Waals surface area contributed by atoms with Gasteiger partial charge >= 0.3 is 0 Å². The summed E-state index contributed by atoms with van der Waals surface area (Å²) in [6, 6.07) is 8.25. The lowest BCUT2D eigenvalue weighted by Gasteiger charge is -2.17. The third-order valence-electron chi connectivity index (χ3n) is 3.94. The van der Waals surface area contributed by atoms with Crippen LogP contribution in [0.25, 0.3) is 11.0 Å². The van der Waals surface area contributed by atoms with E-state index in [1.54, 1.807) is 0 Å². The molecule has 0 unspecified atom stereocenters. The molecule has 0 atom stereocenters. The number of hydrogen-bond donors (Lipinski definition) is 0. The zero-order valence-electron chi connectivity index (χ0n) is 13.2. The fraction of sp³-hybridized carbons (Fsp3) is 0.353. The van der Waals surface area contributed by atoms with Crippen molar-refractivity contribution in [2.24, 2.45) is 7.05 Å². The molecule has 22 heavy (non-hydrogen) atoms. The number of aryl methyl sites for hydroxylation is 2. The highest BCUT2D eigenvalue weighted by Crippen LogP contribution is 2.27. The molecule has 0 saturated carbocycles. The molecular formula is C17H21N3OS. The van der Waals surface area contributed by atoms with Gasteiger partial charge in [-0.15, -0.1) is 0 Å². The highest BCUT2D eigenvalue weighted by Gasteiger charge is 2.14. The van der Waals surface area contributed by atoms with Gasteiger partial charge in [-0.1, -0.05) is 25.1 Å². The Balaban J connectivity index is 1.86. The maximum Gasteiger partial charge on any atom is 0.180 e. The van der Waals surface area contributed by atoms with Crippen molar-refractivity contribution in [3.63, 3.8) is 0 Å². The van der Waals surface area contributed by atoms with E-state index in [0.29, 0.717) is 0 Å². The molecule has 3 aromatic rings. The largest absolute Gasteiger partial charge is 0.461 e. The third-order valence-corrected chi connectivity index (χ3v) is 4.46. The number of aromatic nitrogens is 2. The molecule has 0 N–H and O–H groups in total. The van der Waals surface area contributed by atoms with Crippen LogP contribution in [0.5, 0.6) is 0 Å². The summed E-state index contributed by atoms with van der Waals surface area (Å²) >= 11 is 5.40. The third kappa shape index (κ3) is 2.74. The predicted octanol–water partition coefficient (Wildman–Crippen LogP) is 3.95. The van der Waals surface area contributed by atoms with Gasteiger partial charge in [-0.2, -0.15) is 0 Å². The number of furan rings is 1. The van der Waals surface area contributed by atoms with Gasteiger partial charge in [-0.05, 0) is 25.3 Å². The molecule has 0 saturated heterocycles. The first-order valence-electron chi connectivity index (χ1n) is 7.49. The number of rotatable bonds is 5. The summed E-state index contributed by atoms with van der Waals surface area (Å²) in [6.07, 6.45) is 4.91. The zero-order valence-corrected chi connectivity index (χ0v) is 14.1. The van der Waals surface area contributed by atoms with E-state index < -0.39 is 0 Å². The van der Waals surface area contributed by atoms with E-state index in [4.69, 9.17) is 16.6 Å². The van der Waals surface area contributed by atoms with Gasteiger partial charge < -0.3 is 13.6 Å². The van der Waals surface area contributed by atoms with E-state index in [0.717, 1.165) is 35.7 Å². The van der Waals surface area contributed by atoms with E-state index in [9.17, 15) is 0 Å². The van der Waals surface area contributed by atoms with Crippen molar-refractivity contribution in [3.8, 4) is 0 Å². The van der Waals surface area contributed by atoms with Gasteiger partial charge in [-0.25, -0.2) is 0 Å². The summed E-state index contributed by atoms with van der Waals surface area (Å²) in [6.45, 7) is 3.74. The molecular weight excluding hydrogens is 294 g/mol. The predicted molar refractivity (Wildman–Crippen MR) is 91.3 cm³/mol. The fourth-order valence-corrected chi connectivity index (χ4v) is 2.99. The highest BCUT2D eigenvalue weighted by molar-refractivity contribution is 7.71. The molecule has 0 spiro atoms. The van der Waals surface area contributed by atoms with Crippen molar-refractivity contribution in [3.05, 3.63) is 52.8 Å². The molecule has 1 aromatic carbocycles. The molecule has 0 aliphatic carbocycles. The maximum absolute atomic E-state index is 5.97. The van der Waals surface area contributed by atoms with Crippen molar-refractivity contribution in [2.75, 3.05) is 7.05 Å². The van der Waals surface area contributed by atoms with E-state index in [-0.39, 0.29) is 0 Å².